The number of carbonyl (C=O) groups is 1. The number of carbonyl (C=O) groups excluding carboxylic acids is 1. The summed E-state index contributed by atoms with van der Waals surface area (Å²) in [7, 11) is 0. The zero-order chi connectivity index (χ0) is 16.8. The lowest BCUT2D eigenvalue weighted by atomic mass is 10.2. The Kier molecular flexibility index (Phi) is 3.17. The smallest absolute Gasteiger partial charge is 0.270 e. The second-order valence-electron chi connectivity index (χ2n) is 5.55. The lowest BCUT2D eigenvalue weighted by Gasteiger charge is -2.25. The highest BCUT2D eigenvalue weighted by Crippen LogP contribution is 2.39. The maximum Gasteiger partial charge on any atom is 0.270 e. The van der Waals surface area contributed by atoms with Gasteiger partial charge in [0.05, 0.1) is 10.2 Å². The van der Waals surface area contributed by atoms with Crippen LogP contribution in [-0.4, -0.2) is 30.4 Å². The van der Waals surface area contributed by atoms with Gasteiger partial charge in [-0.3, -0.25) is 10.1 Å². The molecule has 1 amide bonds. The molecule has 0 fully saturated rings. The Labute approximate surface area is 146 Å². The van der Waals surface area contributed by atoms with Crippen LogP contribution in [0.5, 0.6) is 23.0 Å². The molecule has 5 rings (SSSR count). The fraction of sp³-hybridized carbons (Fsp3) is 0.176. The van der Waals surface area contributed by atoms with Gasteiger partial charge in [-0.25, -0.2) is 4.98 Å². The van der Waals surface area contributed by atoms with Crippen LogP contribution in [0.1, 0.15) is 0 Å². The van der Waals surface area contributed by atoms with E-state index in [1.54, 1.807) is 18.2 Å². The molecule has 7 nitrogen and oxygen atoms in total. The molecule has 0 saturated carbocycles. The van der Waals surface area contributed by atoms with Crippen LogP contribution in [-0.2, 0) is 4.79 Å². The summed E-state index contributed by atoms with van der Waals surface area (Å²) in [5.41, 5.74) is 0.746. The van der Waals surface area contributed by atoms with E-state index in [1.165, 1.54) is 11.3 Å². The predicted molar refractivity (Wildman–Crippen MR) is 90.7 cm³/mol. The van der Waals surface area contributed by atoms with Crippen molar-refractivity contribution in [2.24, 2.45) is 0 Å². The number of anilines is 1. The summed E-state index contributed by atoms with van der Waals surface area (Å²) in [6.45, 7) is 0.375. The van der Waals surface area contributed by atoms with Crippen molar-refractivity contribution in [3.8, 4) is 23.0 Å². The first kappa shape index (κ1) is 14.4. The molecule has 3 heterocycles. The normalized spacial score (nSPS) is 17.5. The molecular formula is C17H12N2O5S. The Morgan fingerprint density at radius 1 is 1.08 bits per heavy atom. The summed E-state index contributed by atoms with van der Waals surface area (Å²) in [5, 5.41) is 3.28. The molecule has 0 bridgehead atoms. The fourth-order valence-electron chi connectivity index (χ4n) is 2.71. The summed E-state index contributed by atoms with van der Waals surface area (Å²) in [5.74, 6) is 2.25. The SMILES string of the molecule is O=C(Nc1nc2cc3c(cc2s1)OCO3)[C@@H]1COc2ccccc2O1. The zero-order valence-electron chi connectivity index (χ0n) is 12.9. The lowest BCUT2D eigenvalue weighted by molar-refractivity contribution is -0.125. The summed E-state index contributed by atoms with van der Waals surface area (Å²) < 4.78 is 22.9. The molecular weight excluding hydrogens is 344 g/mol. The van der Waals surface area contributed by atoms with Crippen molar-refractivity contribution < 1.29 is 23.7 Å². The van der Waals surface area contributed by atoms with Gasteiger partial charge in [-0.05, 0) is 12.1 Å². The van der Waals surface area contributed by atoms with Crippen LogP contribution in [0.2, 0.25) is 0 Å². The summed E-state index contributed by atoms with van der Waals surface area (Å²) in [6, 6.07) is 10.9. The van der Waals surface area contributed by atoms with Crippen molar-refractivity contribution in [3.63, 3.8) is 0 Å². The van der Waals surface area contributed by atoms with E-state index in [0.29, 0.717) is 28.1 Å². The Bertz CT molecular complexity index is 945. The van der Waals surface area contributed by atoms with Gasteiger partial charge >= 0.3 is 0 Å². The summed E-state index contributed by atoms with van der Waals surface area (Å²) >= 11 is 1.37. The van der Waals surface area contributed by atoms with Gasteiger partial charge in [-0.2, -0.15) is 0 Å². The highest BCUT2D eigenvalue weighted by molar-refractivity contribution is 7.22. The number of fused-ring (bicyclic) bond motifs is 3. The number of hydrogen-bond donors (Lipinski definition) is 1. The first-order valence-electron chi connectivity index (χ1n) is 7.66. The first-order chi connectivity index (χ1) is 12.3. The molecule has 8 heteroatoms. The van der Waals surface area contributed by atoms with Gasteiger partial charge in [0, 0.05) is 12.1 Å². The Hall–Kier alpha value is -3.00. The number of rotatable bonds is 2. The number of nitrogens with one attached hydrogen (secondary N) is 1. The molecule has 1 aromatic heterocycles. The molecule has 1 atom stereocenters. The standard InChI is InChI=1S/C17H12N2O5S/c20-16(14-7-21-10-3-1-2-4-11(10)24-14)19-17-18-9-5-12-13(23-8-22-12)6-15(9)25-17/h1-6,14H,7-8H2,(H,18,19,20)/t14-/m0/s1. The highest BCUT2D eigenvalue weighted by Gasteiger charge is 2.28. The monoisotopic (exact) mass is 356 g/mol. The third kappa shape index (κ3) is 2.51. The number of aromatic nitrogens is 1. The van der Waals surface area contributed by atoms with Gasteiger partial charge in [0.1, 0.15) is 6.61 Å². The zero-order valence-corrected chi connectivity index (χ0v) is 13.7. The Morgan fingerprint density at radius 3 is 2.76 bits per heavy atom. The second-order valence-corrected chi connectivity index (χ2v) is 6.58. The van der Waals surface area contributed by atoms with Crippen LogP contribution in [0.3, 0.4) is 0 Å². The van der Waals surface area contributed by atoms with Crippen LogP contribution in [0.25, 0.3) is 10.2 Å². The molecule has 126 valence electrons. The molecule has 2 aliphatic rings. The van der Waals surface area contributed by atoms with E-state index >= 15 is 0 Å². The largest absolute Gasteiger partial charge is 0.485 e. The van der Waals surface area contributed by atoms with Gasteiger partial charge in [-0.15, -0.1) is 0 Å². The number of ether oxygens (including phenoxy) is 4. The molecule has 0 unspecified atom stereocenters. The van der Waals surface area contributed by atoms with Crippen molar-refractivity contribution in [2.45, 2.75) is 6.10 Å². The van der Waals surface area contributed by atoms with E-state index in [-0.39, 0.29) is 19.3 Å². The van der Waals surface area contributed by atoms with E-state index < -0.39 is 6.10 Å². The van der Waals surface area contributed by atoms with Crippen LogP contribution in [0, 0.1) is 0 Å². The Morgan fingerprint density at radius 2 is 1.88 bits per heavy atom. The average molecular weight is 356 g/mol. The molecule has 1 N–H and O–H groups in total. The minimum Gasteiger partial charge on any atom is -0.485 e. The fourth-order valence-corrected chi connectivity index (χ4v) is 3.59. The number of hydrogen-bond acceptors (Lipinski definition) is 7. The van der Waals surface area contributed by atoms with Crippen LogP contribution < -0.4 is 24.3 Å². The van der Waals surface area contributed by atoms with E-state index in [9.17, 15) is 4.79 Å². The van der Waals surface area contributed by atoms with Crippen molar-refractivity contribution >= 4 is 32.6 Å². The molecule has 2 aliphatic heterocycles. The second kappa shape index (κ2) is 5.52. The molecule has 3 aromatic rings. The number of nitrogens with zero attached hydrogens (tertiary/aromatic N) is 1. The third-order valence-corrected chi connectivity index (χ3v) is 4.85. The van der Waals surface area contributed by atoms with Gasteiger partial charge < -0.3 is 18.9 Å². The minimum atomic E-state index is -0.724. The first-order valence-corrected chi connectivity index (χ1v) is 8.47. The summed E-state index contributed by atoms with van der Waals surface area (Å²) in [6.07, 6.45) is -0.724. The molecule has 0 aliphatic carbocycles. The van der Waals surface area contributed by atoms with E-state index in [2.05, 4.69) is 10.3 Å². The van der Waals surface area contributed by atoms with Crippen LogP contribution in [0.15, 0.2) is 36.4 Å². The predicted octanol–water partition coefficient (Wildman–Crippen LogP) is 2.80. The molecule has 25 heavy (non-hydrogen) atoms. The Balaban J connectivity index is 1.35. The molecule has 0 spiro atoms. The van der Waals surface area contributed by atoms with Crippen LogP contribution in [0.4, 0.5) is 5.13 Å². The van der Waals surface area contributed by atoms with Gasteiger partial charge in [-0.1, -0.05) is 23.5 Å². The lowest BCUT2D eigenvalue weighted by Crippen LogP contribution is -2.40. The molecule has 0 radical (unpaired) electrons. The van der Waals surface area contributed by atoms with Gasteiger partial charge in [0.15, 0.2) is 28.1 Å². The van der Waals surface area contributed by atoms with Gasteiger partial charge in [0.25, 0.3) is 5.91 Å². The van der Waals surface area contributed by atoms with Crippen molar-refractivity contribution in [1.82, 2.24) is 4.98 Å². The van der Waals surface area contributed by atoms with Crippen molar-refractivity contribution in [3.05, 3.63) is 36.4 Å². The molecule has 2 aromatic carbocycles. The molecule has 0 saturated heterocycles. The number of amides is 1. The quantitative estimate of drug-likeness (QED) is 0.761. The average Bonchev–Trinajstić information content (AvgIpc) is 3.24. The third-order valence-electron chi connectivity index (χ3n) is 3.91. The minimum absolute atomic E-state index is 0.156. The number of benzene rings is 2. The maximum absolute atomic E-state index is 12.5. The van der Waals surface area contributed by atoms with Crippen molar-refractivity contribution in [1.29, 1.82) is 0 Å². The number of thiazole rings is 1. The van der Waals surface area contributed by atoms with E-state index in [1.807, 2.05) is 18.2 Å². The highest BCUT2D eigenvalue weighted by atomic mass is 32.1. The topological polar surface area (TPSA) is 78.9 Å². The van der Waals surface area contributed by atoms with E-state index in [0.717, 1.165) is 10.2 Å². The number of para-hydroxylation sites is 2. The van der Waals surface area contributed by atoms with Crippen LogP contribution >= 0.6 is 11.3 Å². The van der Waals surface area contributed by atoms with Gasteiger partial charge in [0.2, 0.25) is 12.9 Å². The van der Waals surface area contributed by atoms with Crippen molar-refractivity contribution in [2.75, 3.05) is 18.7 Å². The maximum atomic E-state index is 12.5. The summed E-state index contributed by atoms with van der Waals surface area (Å²) in [4.78, 5) is 16.9. The van der Waals surface area contributed by atoms with E-state index in [4.69, 9.17) is 18.9 Å².